The summed E-state index contributed by atoms with van der Waals surface area (Å²) in [6, 6.07) is 0. The summed E-state index contributed by atoms with van der Waals surface area (Å²) >= 11 is 0. The molecule has 0 rings (SSSR count). The number of carboxylic acid groups (broad SMARTS) is 1. The summed E-state index contributed by atoms with van der Waals surface area (Å²) in [5.41, 5.74) is -5.82. The number of carbonyl (C=O) groups excluding carboxylic acids is 1. The summed E-state index contributed by atoms with van der Waals surface area (Å²) in [5.74, 6) is -2.13. The fraction of sp³-hybridized carbons (Fsp3) is 0.869. The Morgan fingerprint density at radius 2 is 0.707 bits per heavy atom. The minimum absolute atomic E-state index is 0.223. The molecule has 0 unspecified atom stereocenters. The second-order valence-corrected chi connectivity index (χ2v) is 26.3. The van der Waals surface area contributed by atoms with Gasteiger partial charge in [-0.25, -0.2) is 0 Å². The first-order chi connectivity index (χ1) is 34.1. The van der Waals surface area contributed by atoms with Crippen LogP contribution in [0.2, 0.25) is 0 Å². The molecule has 0 fully saturated rings. The highest BCUT2D eigenvalue weighted by Gasteiger charge is 2.34. The lowest BCUT2D eigenvalue weighted by molar-refractivity contribution is -0.159. The first-order valence-corrected chi connectivity index (χ1v) is 28.6. The fourth-order valence-corrected chi connectivity index (χ4v) is 10.0. The van der Waals surface area contributed by atoms with Gasteiger partial charge in [0.2, 0.25) is 0 Å². The third kappa shape index (κ3) is 39.7. The van der Waals surface area contributed by atoms with Gasteiger partial charge in [-0.3, -0.25) is 9.59 Å². The summed E-state index contributed by atoms with van der Waals surface area (Å²) in [4.78, 5) is 22.9. The largest absolute Gasteiger partial charge is 0.481 e. The van der Waals surface area contributed by atoms with E-state index in [0.717, 1.165) is 44.1 Å². The molecule has 14 nitrogen and oxygen atoms in total. The topological polar surface area (TPSA) is 266 Å². The quantitative estimate of drug-likeness (QED) is 0.0200. The van der Waals surface area contributed by atoms with Crippen LogP contribution in [0.25, 0.3) is 0 Å². The molecule has 0 aromatic heterocycles. The third-order valence-electron chi connectivity index (χ3n) is 15.5. The molecule has 0 aromatic carbocycles. The monoisotopic (exact) mass is 1070 g/mol. The van der Waals surface area contributed by atoms with E-state index in [1.165, 1.54) is 25.0 Å². The van der Waals surface area contributed by atoms with Gasteiger partial charge in [0.15, 0.2) is 0 Å². The van der Waals surface area contributed by atoms with Crippen molar-refractivity contribution in [2.24, 2.45) is 0 Å². The zero-order valence-corrected chi connectivity index (χ0v) is 49.7. The van der Waals surface area contributed by atoms with Crippen molar-refractivity contribution in [3.63, 3.8) is 0 Å². The summed E-state index contributed by atoms with van der Waals surface area (Å²) < 4.78 is 4.99. The van der Waals surface area contributed by atoms with Crippen LogP contribution in [-0.2, 0) is 14.3 Å². The number of aliphatic hydroxyl groups excluding tert-OH is 1. The maximum atomic E-state index is 12.0. The maximum Gasteiger partial charge on any atom is 0.308 e. The van der Waals surface area contributed by atoms with Gasteiger partial charge in [0.05, 0.1) is 63.3 Å². The highest BCUT2D eigenvalue weighted by molar-refractivity contribution is 5.73. The van der Waals surface area contributed by atoms with Crippen LogP contribution in [0.3, 0.4) is 0 Å². The van der Waals surface area contributed by atoms with E-state index < -0.39 is 87.9 Å². The van der Waals surface area contributed by atoms with Crippen LogP contribution >= 0.6 is 0 Å². The number of ether oxygens (including phenoxy) is 1. The van der Waals surface area contributed by atoms with Crippen LogP contribution in [0.4, 0.5) is 0 Å². The molecule has 0 heterocycles. The minimum atomic E-state index is -1.78. The lowest BCUT2D eigenvalue weighted by atomic mass is 9.83. The number of rotatable bonds is 44. The van der Waals surface area contributed by atoms with Gasteiger partial charge < -0.3 is 60.9 Å². The maximum absolute atomic E-state index is 12.0. The Bertz CT molecular complexity index is 1710. The Kier molecular flexibility index (Phi) is 32.4. The molecule has 14 heteroatoms. The van der Waals surface area contributed by atoms with Crippen molar-refractivity contribution in [1.82, 2.24) is 0 Å². The number of allylic oxidation sites excluding steroid dienone is 6. The predicted octanol–water partition coefficient (Wildman–Crippen LogP) is 10.9. The molecule has 75 heavy (non-hydrogen) atoms. The molecular weight excluding hydrogens is 957 g/mol. The molecule has 0 amide bonds. The molecule has 442 valence electrons. The highest BCUT2D eigenvalue weighted by Crippen LogP contribution is 2.33. The summed E-state index contributed by atoms with van der Waals surface area (Å²) in [7, 11) is 0. The Balaban J connectivity index is 4.49. The first kappa shape index (κ1) is 72.8. The molecule has 0 saturated carbocycles. The fourth-order valence-electron chi connectivity index (χ4n) is 10.0. The molecule has 0 aliphatic rings. The van der Waals surface area contributed by atoms with Gasteiger partial charge in [0.1, 0.15) is 12.7 Å². The highest BCUT2D eigenvalue weighted by atomic mass is 16.5. The van der Waals surface area contributed by atoms with Crippen LogP contribution in [0.5, 0.6) is 0 Å². The number of hydrogen-bond donors (Lipinski definition) is 11. The molecule has 11 N–H and O–H groups in total. The van der Waals surface area contributed by atoms with Gasteiger partial charge in [0, 0.05) is 0 Å². The second-order valence-electron chi connectivity index (χ2n) is 26.3. The van der Waals surface area contributed by atoms with Crippen molar-refractivity contribution in [1.29, 1.82) is 0 Å². The van der Waals surface area contributed by atoms with E-state index in [1.807, 2.05) is 61.5 Å². The molecule has 0 aromatic rings. The predicted molar refractivity (Wildman–Crippen MR) is 301 cm³/mol. The van der Waals surface area contributed by atoms with Crippen molar-refractivity contribution in [3.05, 3.63) is 34.9 Å². The van der Waals surface area contributed by atoms with Crippen LogP contribution in [0.1, 0.15) is 276 Å². The molecule has 0 spiro atoms. The zero-order chi connectivity index (χ0) is 58.0. The van der Waals surface area contributed by atoms with Crippen molar-refractivity contribution in [3.8, 4) is 0 Å². The lowest BCUT2D eigenvalue weighted by Crippen LogP contribution is -2.43. The van der Waals surface area contributed by atoms with E-state index in [4.69, 9.17) is 9.84 Å². The Morgan fingerprint density at radius 1 is 0.400 bits per heavy atom. The van der Waals surface area contributed by atoms with Crippen molar-refractivity contribution in [2.75, 3.05) is 6.61 Å². The molecular formula is C61H114O14. The lowest BCUT2D eigenvalue weighted by Gasteiger charge is -2.31. The normalized spacial score (nSPS) is 20.4. The SMILES string of the molecule is CC(C)=CCC[C@@](C)(O)CCC[C@@](C)(O)CCC[C@@](C)(O)CCC[C@@](C)(O)CCC[C@@](C)(O)CCC[C@@](C)(O)CCC[C@@](C)(O)CCC/C(C)=C/CC/C(C)=C/CC[C@](C)(O)[C@H](O)COC(=O)C[C@@](C)(O)CC(=O)O. The van der Waals surface area contributed by atoms with Crippen molar-refractivity contribution < 1.29 is 70.5 Å². The number of carbonyl (C=O) groups is 2. The van der Waals surface area contributed by atoms with Gasteiger partial charge in [-0.05, 0) is 263 Å². The number of esters is 1. The summed E-state index contributed by atoms with van der Waals surface area (Å²) in [5, 5.41) is 117. The number of hydrogen-bond acceptors (Lipinski definition) is 13. The van der Waals surface area contributed by atoms with Crippen molar-refractivity contribution in [2.45, 2.75) is 333 Å². The number of carboxylic acids is 1. The molecule has 0 radical (unpaired) electrons. The standard InChI is InChI=1S/C61H114O14/c1-47(2)24-15-29-53(5,66)31-18-33-55(7,68)35-20-37-57(9,70)39-22-41-59(11,72)42-23-40-58(10,71)38-21-36-56(8,69)34-19-32-54(6,67)30-16-27-48(3)25-14-26-49(4)28-17-43-61(13,74)50(62)46-75-52(65)45-60(12,73)44-51(63)64/h24-25,28,50,62,66-74H,14-23,26-27,29-46H2,1-13H3,(H,63,64)/b48-25+,49-28+/t50-,53-,54+,55-,56+,57-,58+,59-,60+,61+/m1/s1. The Morgan fingerprint density at radius 3 is 1.05 bits per heavy atom. The van der Waals surface area contributed by atoms with Gasteiger partial charge in [-0.2, -0.15) is 0 Å². The minimum Gasteiger partial charge on any atom is -0.481 e. The van der Waals surface area contributed by atoms with E-state index >= 15 is 0 Å². The molecule has 0 aliphatic carbocycles. The van der Waals surface area contributed by atoms with Crippen molar-refractivity contribution >= 4 is 11.9 Å². The Labute approximate surface area is 455 Å². The van der Waals surface area contributed by atoms with Gasteiger partial charge >= 0.3 is 11.9 Å². The molecule has 0 saturated heterocycles. The van der Waals surface area contributed by atoms with Crippen LogP contribution < -0.4 is 0 Å². The summed E-state index contributed by atoms with van der Waals surface area (Å²) in [6.45, 7) is 23.2. The Hall–Kier alpha value is -2.24. The smallest absolute Gasteiger partial charge is 0.308 e. The van der Waals surface area contributed by atoms with Crippen LogP contribution in [0.15, 0.2) is 34.9 Å². The van der Waals surface area contributed by atoms with Crippen LogP contribution in [-0.4, -0.2) is 131 Å². The van der Waals surface area contributed by atoms with Gasteiger partial charge in [0.25, 0.3) is 0 Å². The van der Waals surface area contributed by atoms with E-state index in [-0.39, 0.29) is 6.42 Å². The van der Waals surface area contributed by atoms with E-state index in [2.05, 4.69) is 32.9 Å². The first-order valence-electron chi connectivity index (χ1n) is 28.6. The van der Waals surface area contributed by atoms with E-state index in [9.17, 15) is 60.7 Å². The molecule has 0 aliphatic heterocycles. The summed E-state index contributed by atoms with van der Waals surface area (Å²) in [6.07, 6.45) is 20.8. The van der Waals surface area contributed by atoms with Gasteiger partial charge in [-0.15, -0.1) is 0 Å². The average Bonchev–Trinajstić information content (AvgIpc) is 3.20. The molecule has 0 bridgehead atoms. The van der Waals surface area contributed by atoms with E-state index in [1.54, 1.807) is 0 Å². The van der Waals surface area contributed by atoms with E-state index in [0.29, 0.717) is 128 Å². The van der Waals surface area contributed by atoms with Gasteiger partial charge in [-0.1, -0.05) is 34.9 Å². The second kappa shape index (κ2) is 33.4. The third-order valence-corrected chi connectivity index (χ3v) is 15.5. The molecule has 10 atom stereocenters. The average molecular weight is 1070 g/mol. The number of aliphatic carboxylic acids is 1. The zero-order valence-electron chi connectivity index (χ0n) is 49.7. The van der Waals surface area contributed by atoms with Crippen LogP contribution in [0, 0.1) is 0 Å². The number of aliphatic hydroxyl groups is 10.